The van der Waals surface area contributed by atoms with Crippen molar-refractivity contribution in [1.29, 1.82) is 5.26 Å². The lowest BCUT2D eigenvalue weighted by atomic mass is 10.0. The summed E-state index contributed by atoms with van der Waals surface area (Å²) in [4.78, 5) is 0. The van der Waals surface area contributed by atoms with Gasteiger partial charge in [-0.1, -0.05) is 12.1 Å². The molecule has 2 unspecified atom stereocenters. The molecule has 0 fully saturated rings. The van der Waals surface area contributed by atoms with Gasteiger partial charge in [-0.05, 0) is 17.7 Å². The molecule has 0 bridgehead atoms. The molecule has 0 saturated carbocycles. The summed E-state index contributed by atoms with van der Waals surface area (Å²) in [6.07, 6.45) is -2.30. The molecule has 14 heavy (non-hydrogen) atoms. The summed E-state index contributed by atoms with van der Waals surface area (Å²) in [5.41, 5.74) is 0.477. The molecule has 0 radical (unpaired) electrons. The molecular weight excluding hydrogens is 182 g/mol. The number of nitriles is 1. The van der Waals surface area contributed by atoms with E-state index in [0.717, 1.165) is 0 Å². The molecule has 1 aromatic rings. The van der Waals surface area contributed by atoms with Crippen molar-refractivity contribution < 1.29 is 15.3 Å². The molecule has 0 aliphatic rings. The molecule has 3 N–H and O–H groups in total. The average Bonchev–Trinajstić information content (AvgIpc) is 2.18. The van der Waals surface area contributed by atoms with E-state index in [4.69, 9.17) is 10.4 Å². The maximum atomic E-state index is 9.53. The van der Waals surface area contributed by atoms with Crippen molar-refractivity contribution in [2.45, 2.75) is 18.6 Å². The third kappa shape index (κ3) is 2.46. The summed E-state index contributed by atoms with van der Waals surface area (Å²) in [6.45, 7) is 0. The Bertz CT molecular complexity index is 328. The molecule has 0 aromatic heterocycles. The van der Waals surface area contributed by atoms with Gasteiger partial charge in [0.1, 0.15) is 11.9 Å². The number of rotatable bonds is 3. The molecule has 0 aliphatic heterocycles. The summed E-state index contributed by atoms with van der Waals surface area (Å²) < 4.78 is 0. The Balaban J connectivity index is 2.74. The molecular formula is C10H11NO3. The second kappa shape index (κ2) is 4.61. The van der Waals surface area contributed by atoms with Crippen LogP contribution in [0.15, 0.2) is 24.3 Å². The molecule has 0 spiro atoms. The number of hydrogen-bond donors (Lipinski definition) is 3. The Morgan fingerprint density at radius 3 is 2.29 bits per heavy atom. The predicted molar refractivity (Wildman–Crippen MR) is 49.3 cm³/mol. The van der Waals surface area contributed by atoms with Crippen molar-refractivity contribution in [3.8, 4) is 11.8 Å². The molecule has 0 amide bonds. The fourth-order valence-electron chi connectivity index (χ4n) is 1.10. The van der Waals surface area contributed by atoms with Gasteiger partial charge in [-0.15, -0.1) is 0 Å². The molecule has 0 saturated heterocycles. The number of hydrogen-bond acceptors (Lipinski definition) is 4. The average molecular weight is 193 g/mol. The van der Waals surface area contributed by atoms with E-state index < -0.39 is 12.2 Å². The minimum Gasteiger partial charge on any atom is -0.508 e. The number of aliphatic hydroxyl groups excluding tert-OH is 2. The largest absolute Gasteiger partial charge is 0.508 e. The Morgan fingerprint density at radius 2 is 1.79 bits per heavy atom. The van der Waals surface area contributed by atoms with E-state index in [1.165, 1.54) is 24.3 Å². The molecule has 1 aromatic carbocycles. The van der Waals surface area contributed by atoms with Crippen LogP contribution in [0.25, 0.3) is 0 Å². The Kier molecular flexibility index (Phi) is 3.46. The van der Waals surface area contributed by atoms with Crippen molar-refractivity contribution in [2.24, 2.45) is 0 Å². The highest BCUT2D eigenvalue weighted by atomic mass is 16.3. The van der Waals surface area contributed by atoms with E-state index in [1.807, 2.05) is 0 Å². The van der Waals surface area contributed by atoms with Crippen LogP contribution in [0.3, 0.4) is 0 Å². The lowest BCUT2D eigenvalue weighted by Crippen LogP contribution is -2.17. The van der Waals surface area contributed by atoms with Crippen molar-refractivity contribution in [3.05, 3.63) is 29.8 Å². The van der Waals surface area contributed by atoms with Crippen LogP contribution in [-0.2, 0) is 0 Å². The van der Waals surface area contributed by atoms with Crippen LogP contribution in [0, 0.1) is 11.3 Å². The number of aliphatic hydroxyl groups is 2. The zero-order valence-corrected chi connectivity index (χ0v) is 7.46. The van der Waals surface area contributed by atoms with Gasteiger partial charge in [-0.2, -0.15) is 5.26 Å². The summed E-state index contributed by atoms with van der Waals surface area (Å²) in [7, 11) is 0. The standard InChI is InChI=1S/C10H11NO3/c11-6-5-9(13)10(14)7-1-3-8(12)4-2-7/h1-4,9-10,12-14H,5H2. The Labute approximate surface area is 81.7 Å². The number of phenolic OH excluding ortho intramolecular Hbond substituents is 1. The first-order valence-electron chi connectivity index (χ1n) is 4.17. The van der Waals surface area contributed by atoms with Crippen LogP contribution in [0.4, 0.5) is 0 Å². The van der Waals surface area contributed by atoms with Gasteiger partial charge in [0.15, 0.2) is 0 Å². The van der Waals surface area contributed by atoms with Gasteiger partial charge < -0.3 is 15.3 Å². The summed E-state index contributed by atoms with van der Waals surface area (Å²) in [5.74, 6) is 0.0933. The van der Waals surface area contributed by atoms with Crippen LogP contribution in [0.1, 0.15) is 18.1 Å². The zero-order chi connectivity index (χ0) is 10.6. The lowest BCUT2D eigenvalue weighted by molar-refractivity contribution is 0.0216. The minimum absolute atomic E-state index is 0.0933. The third-order valence-electron chi connectivity index (χ3n) is 1.90. The van der Waals surface area contributed by atoms with Gasteiger partial charge in [-0.25, -0.2) is 0 Å². The maximum absolute atomic E-state index is 9.53. The van der Waals surface area contributed by atoms with Crippen molar-refractivity contribution >= 4 is 0 Å². The normalized spacial score (nSPS) is 14.4. The van der Waals surface area contributed by atoms with Crippen LogP contribution in [0.5, 0.6) is 5.75 Å². The minimum atomic E-state index is -1.09. The molecule has 4 heteroatoms. The third-order valence-corrected chi connectivity index (χ3v) is 1.90. The second-order valence-corrected chi connectivity index (χ2v) is 2.97. The second-order valence-electron chi connectivity index (χ2n) is 2.97. The SMILES string of the molecule is N#CCC(O)C(O)c1ccc(O)cc1. The molecule has 4 nitrogen and oxygen atoms in total. The van der Waals surface area contributed by atoms with Gasteiger partial charge in [-0.3, -0.25) is 0 Å². The maximum Gasteiger partial charge on any atom is 0.115 e. The Hall–Kier alpha value is -1.57. The quantitative estimate of drug-likeness (QED) is 0.659. The van der Waals surface area contributed by atoms with Crippen molar-refractivity contribution in [2.75, 3.05) is 0 Å². The monoisotopic (exact) mass is 193 g/mol. The smallest absolute Gasteiger partial charge is 0.115 e. The summed E-state index contributed by atoms with van der Waals surface area (Å²) in [6, 6.07) is 7.60. The molecule has 0 heterocycles. The van der Waals surface area contributed by atoms with E-state index in [-0.39, 0.29) is 12.2 Å². The summed E-state index contributed by atoms with van der Waals surface area (Å²) >= 11 is 0. The van der Waals surface area contributed by atoms with E-state index in [0.29, 0.717) is 5.56 Å². The number of aromatic hydroxyl groups is 1. The Morgan fingerprint density at radius 1 is 1.21 bits per heavy atom. The molecule has 0 aliphatic carbocycles. The first-order chi connectivity index (χ1) is 6.65. The van der Waals surface area contributed by atoms with E-state index >= 15 is 0 Å². The van der Waals surface area contributed by atoms with Gasteiger partial charge in [0.2, 0.25) is 0 Å². The topological polar surface area (TPSA) is 84.5 Å². The molecule has 2 atom stereocenters. The van der Waals surface area contributed by atoms with Crippen molar-refractivity contribution in [1.82, 2.24) is 0 Å². The highest BCUT2D eigenvalue weighted by Crippen LogP contribution is 2.20. The lowest BCUT2D eigenvalue weighted by Gasteiger charge is -2.15. The zero-order valence-electron chi connectivity index (χ0n) is 7.46. The van der Waals surface area contributed by atoms with Gasteiger partial charge in [0.05, 0.1) is 18.6 Å². The number of phenols is 1. The first-order valence-corrected chi connectivity index (χ1v) is 4.17. The summed E-state index contributed by atoms with van der Waals surface area (Å²) in [5, 5.41) is 36.1. The molecule has 74 valence electrons. The first kappa shape index (κ1) is 10.5. The van der Waals surface area contributed by atoms with Crippen LogP contribution >= 0.6 is 0 Å². The van der Waals surface area contributed by atoms with Crippen molar-refractivity contribution in [3.63, 3.8) is 0 Å². The van der Waals surface area contributed by atoms with Gasteiger partial charge in [0.25, 0.3) is 0 Å². The van der Waals surface area contributed by atoms with Gasteiger partial charge in [0, 0.05) is 0 Å². The molecule has 1 rings (SSSR count). The van der Waals surface area contributed by atoms with E-state index in [9.17, 15) is 10.2 Å². The fourth-order valence-corrected chi connectivity index (χ4v) is 1.10. The highest BCUT2D eigenvalue weighted by molar-refractivity contribution is 5.27. The van der Waals surface area contributed by atoms with E-state index in [2.05, 4.69) is 0 Å². The highest BCUT2D eigenvalue weighted by Gasteiger charge is 2.17. The number of benzene rings is 1. The number of nitrogens with zero attached hydrogens (tertiary/aromatic N) is 1. The van der Waals surface area contributed by atoms with Crippen LogP contribution in [-0.4, -0.2) is 21.4 Å². The van der Waals surface area contributed by atoms with Crippen LogP contribution in [0.2, 0.25) is 0 Å². The van der Waals surface area contributed by atoms with Crippen LogP contribution < -0.4 is 0 Å². The predicted octanol–water partition coefficient (Wildman–Crippen LogP) is 0.700. The van der Waals surface area contributed by atoms with Gasteiger partial charge >= 0.3 is 0 Å². The fraction of sp³-hybridized carbons (Fsp3) is 0.300. The van der Waals surface area contributed by atoms with E-state index in [1.54, 1.807) is 6.07 Å².